The Labute approximate surface area is 147 Å². The van der Waals surface area contributed by atoms with Crippen molar-refractivity contribution in [1.82, 2.24) is 20.1 Å². The van der Waals surface area contributed by atoms with Crippen LogP contribution in [0, 0.1) is 0 Å². The minimum atomic E-state index is -0.313. The molecule has 0 saturated carbocycles. The van der Waals surface area contributed by atoms with Crippen LogP contribution >= 0.6 is 11.6 Å². The van der Waals surface area contributed by atoms with Gasteiger partial charge in [0.15, 0.2) is 12.4 Å². The summed E-state index contributed by atoms with van der Waals surface area (Å²) in [6, 6.07) is 7.09. The number of aromatic nitrogens is 3. The molecule has 9 heteroatoms. The number of nitrogens with one attached hydrogen (secondary N) is 3. The lowest BCUT2D eigenvalue weighted by atomic mass is 10.2. The molecule has 0 aliphatic heterocycles. The fraction of sp³-hybridized carbons (Fsp3) is 0.188. The monoisotopic (exact) mass is 361 g/mol. The smallest absolute Gasteiger partial charge is 0.293 e. The number of likely N-dealkylation sites (N-methyl/N-ethyl adjacent to an activating group) is 1. The summed E-state index contributed by atoms with van der Waals surface area (Å²) >= 11 is 6.00. The lowest BCUT2D eigenvalue weighted by molar-refractivity contribution is -0.122. The summed E-state index contributed by atoms with van der Waals surface area (Å²) in [6.07, 6.45) is 1.50. The fourth-order valence-corrected chi connectivity index (χ4v) is 2.49. The van der Waals surface area contributed by atoms with Crippen molar-refractivity contribution in [2.45, 2.75) is 0 Å². The van der Waals surface area contributed by atoms with Crippen molar-refractivity contribution in [2.24, 2.45) is 7.05 Å². The Morgan fingerprint density at radius 3 is 2.88 bits per heavy atom. The Morgan fingerprint density at radius 1 is 1.40 bits per heavy atom. The molecule has 3 aromatic rings. The van der Waals surface area contributed by atoms with Crippen LogP contribution in [0.4, 0.5) is 11.5 Å². The Morgan fingerprint density at radius 2 is 2.20 bits per heavy atom. The molecule has 0 aliphatic carbocycles. The zero-order chi connectivity index (χ0) is 18.0. The molecule has 25 heavy (non-hydrogen) atoms. The number of rotatable bonds is 5. The second kappa shape index (κ2) is 6.86. The van der Waals surface area contributed by atoms with E-state index in [0.29, 0.717) is 10.8 Å². The first kappa shape index (κ1) is 16.8. The molecule has 1 amide bonds. The lowest BCUT2D eigenvalue weighted by Crippen LogP contribution is -2.27. The first-order chi connectivity index (χ1) is 12.0. The normalized spacial score (nSPS) is 10.7. The van der Waals surface area contributed by atoms with Gasteiger partial charge in [0, 0.05) is 25.2 Å². The number of amides is 1. The van der Waals surface area contributed by atoms with E-state index < -0.39 is 0 Å². The van der Waals surface area contributed by atoms with Gasteiger partial charge in [-0.15, -0.1) is 0 Å². The molecule has 1 aromatic carbocycles. The van der Waals surface area contributed by atoms with Crippen molar-refractivity contribution in [3.05, 3.63) is 45.8 Å². The summed E-state index contributed by atoms with van der Waals surface area (Å²) in [5, 5.41) is 13.4. The van der Waals surface area contributed by atoms with Crippen molar-refractivity contribution in [1.29, 1.82) is 0 Å². The van der Waals surface area contributed by atoms with Crippen LogP contribution in [-0.4, -0.2) is 34.3 Å². The molecular weight excluding hydrogens is 346 g/mol. The summed E-state index contributed by atoms with van der Waals surface area (Å²) < 4.78 is 6.81. The number of ether oxygens (including phenoxy) is 1. The minimum absolute atomic E-state index is 0.107. The highest BCUT2D eigenvalue weighted by Gasteiger charge is 2.11. The highest BCUT2D eigenvalue weighted by molar-refractivity contribution is 6.32. The van der Waals surface area contributed by atoms with Gasteiger partial charge >= 0.3 is 0 Å². The molecular formula is C16H16ClN5O3. The van der Waals surface area contributed by atoms with E-state index in [9.17, 15) is 9.59 Å². The van der Waals surface area contributed by atoms with E-state index in [1.807, 2.05) is 18.2 Å². The van der Waals surface area contributed by atoms with E-state index in [0.717, 1.165) is 16.6 Å². The zero-order valence-corrected chi connectivity index (χ0v) is 14.3. The number of carbonyl (C=O) groups is 1. The van der Waals surface area contributed by atoms with Crippen LogP contribution in [0.15, 0.2) is 35.3 Å². The molecule has 0 atom stereocenters. The molecule has 0 radical (unpaired) electrons. The number of hydrogen-bond acceptors (Lipinski definition) is 5. The van der Waals surface area contributed by atoms with Gasteiger partial charge in [-0.3, -0.25) is 14.7 Å². The third kappa shape index (κ3) is 3.43. The molecule has 0 unspecified atom stereocenters. The molecule has 2 heterocycles. The molecule has 130 valence electrons. The van der Waals surface area contributed by atoms with Gasteiger partial charge in [-0.05, 0) is 24.3 Å². The predicted octanol–water partition coefficient (Wildman–Crippen LogP) is 1.78. The van der Waals surface area contributed by atoms with Crippen LogP contribution in [0.1, 0.15) is 0 Å². The van der Waals surface area contributed by atoms with Gasteiger partial charge < -0.3 is 19.9 Å². The van der Waals surface area contributed by atoms with E-state index >= 15 is 0 Å². The van der Waals surface area contributed by atoms with Crippen LogP contribution < -0.4 is 20.9 Å². The van der Waals surface area contributed by atoms with Gasteiger partial charge in [-0.2, -0.15) is 5.10 Å². The maximum Gasteiger partial charge on any atom is 0.293 e. The van der Waals surface area contributed by atoms with Gasteiger partial charge in [-0.25, -0.2) is 0 Å². The van der Waals surface area contributed by atoms with Gasteiger partial charge in [0.1, 0.15) is 10.8 Å². The summed E-state index contributed by atoms with van der Waals surface area (Å²) in [7, 11) is 3.15. The summed E-state index contributed by atoms with van der Waals surface area (Å²) in [6.45, 7) is -0.223. The van der Waals surface area contributed by atoms with Gasteiger partial charge in [0.05, 0.1) is 11.7 Å². The SMILES string of the molecule is CNC(=O)COc1cc2cc(Nc3[nH]ncc3Cl)ccc2n(C)c1=O. The van der Waals surface area contributed by atoms with Crippen molar-refractivity contribution in [3.63, 3.8) is 0 Å². The molecule has 0 bridgehead atoms. The molecule has 8 nitrogen and oxygen atoms in total. The number of pyridine rings is 1. The zero-order valence-electron chi connectivity index (χ0n) is 13.6. The number of hydrogen-bond donors (Lipinski definition) is 3. The van der Waals surface area contributed by atoms with E-state index in [4.69, 9.17) is 16.3 Å². The number of H-pyrrole nitrogens is 1. The molecule has 3 rings (SSSR count). The average molecular weight is 362 g/mol. The number of benzene rings is 1. The Bertz CT molecular complexity index is 995. The van der Waals surface area contributed by atoms with E-state index in [-0.39, 0.29) is 23.8 Å². The van der Waals surface area contributed by atoms with Gasteiger partial charge in [0.2, 0.25) is 0 Å². The van der Waals surface area contributed by atoms with Crippen molar-refractivity contribution in [3.8, 4) is 5.75 Å². The molecule has 0 aliphatic rings. The molecule has 0 fully saturated rings. The summed E-state index contributed by atoms with van der Waals surface area (Å²) in [5.41, 5.74) is 1.18. The van der Waals surface area contributed by atoms with Crippen molar-refractivity contribution in [2.75, 3.05) is 19.0 Å². The molecule has 0 saturated heterocycles. The second-order valence-electron chi connectivity index (χ2n) is 5.33. The van der Waals surface area contributed by atoms with Gasteiger partial charge in [-0.1, -0.05) is 11.6 Å². The largest absolute Gasteiger partial charge is 0.478 e. The van der Waals surface area contributed by atoms with Crippen LogP contribution in [0.3, 0.4) is 0 Å². The molecule has 2 aromatic heterocycles. The maximum atomic E-state index is 12.3. The van der Waals surface area contributed by atoms with E-state index in [2.05, 4.69) is 20.8 Å². The molecule has 3 N–H and O–H groups in total. The predicted molar refractivity (Wildman–Crippen MR) is 95.6 cm³/mol. The minimum Gasteiger partial charge on any atom is -0.478 e. The average Bonchev–Trinajstić information content (AvgIpc) is 3.01. The van der Waals surface area contributed by atoms with Crippen LogP contribution in [-0.2, 0) is 11.8 Å². The van der Waals surface area contributed by atoms with Crippen molar-refractivity contribution >= 4 is 39.9 Å². The number of nitrogens with zero attached hydrogens (tertiary/aromatic N) is 2. The van der Waals surface area contributed by atoms with E-state index in [1.54, 1.807) is 13.1 Å². The third-order valence-corrected chi connectivity index (χ3v) is 3.98. The van der Waals surface area contributed by atoms with E-state index in [1.165, 1.54) is 17.8 Å². The third-order valence-electron chi connectivity index (χ3n) is 3.69. The first-order valence-corrected chi connectivity index (χ1v) is 7.80. The van der Waals surface area contributed by atoms with Crippen LogP contribution in [0.25, 0.3) is 10.9 Å². The number of carbonyl (C=O) groups excluding carboxylic acids is 1. The highest BCUT2D eigenvalue weighted by Crippen LogP contribution is 2.26. The number of aryl methyl sites for hydroxylation is 1. The Hall–Kier alpha value is -3.00. The fourth-order valence-electron chi connectivity index (χ4n) is 2.35. The Kier molecular flexibility index (Phi) is 4.62. The first-order valence-electron chi connectivity index (χ1n) is 7.42. The number of halogens is 1. The molecule has 0 spiro atoms. The number of fused-ring (bicyclic) bond motifs is 1. The standard InChI is InChI=1S/C16H16ClN5O3/c1-18-14(23)8-25-13-6-9-5-10(20-15-11(17)7-19-21-15)3-4-12(9)22(2)16(13)24/h3-7H,8H2,1-2H3,(H,18,23)(H2,19,20,21). The van der Waals surface area contributed by atoms with Crippen LogP contribution in [0.2, 0.25) is 5.02 Å². The summed E-state index contributed by atoms with van der Waals surface area (Å²) in [5.74, 6) is 0.365. The summed E-state index contributed by atoms with van der Waals surface area (Å²) in [4.78, 5) is 23.7. The van der Waals surface area contributed by atoms with Crippen LogP contribution in [0.5, 0.6) is 5.75 Å². The Balaban J connectivity index is 1.97. The lowest BCUT2D eigenvalue weighted by Gasteiger charge is -2.11. The van der Waals surface area contributed by atoms with Gasteiger partial charge in [0.25, 0.3) is 11.5 Å². The highest BCUT2D eigenvalue weighted by atomic mass is 35.5. The topological polar surface area (TPSA) is 101 Å². The second-order valence-corrected chi connectivity index (χ2v) is 5.73. The quantitative estimate of drug-likeness (QED) is 0.643. The van der Waals surface area contributed by atoms with Crippen molar-refractivity contribution < 1.29 is 9.53 Å². The number of aromatic amines is 1. The maximum absolute atomic E-state index is 12.3. The number of anilines is 2.